The van der Waals surface area contributed by atoms with Gasteiger partial charge in [-0.15, -0.1) is 0 Å². The van der Waals surface area contributed by atoms with E-state index in [9.17, 15) is 0 Å². The summed E-state index contributed by atoms with van der Waals surface area (Å²) in [6.45, 7) is 12.4. The van der Waals surface area contributed by atoms with E-state index in [-0.39, 0.29) is 5.04 Å². The zero-order chi connectivity index (χ0) is 17.4. The largest absolute Gasteiger partial charge is 0.541 e. The number of nitrogens with zero attached hydrogens (tertiary/aromatic N) is 2. The average Bonchev–Trinajstić information content (AvgIpc) is 2.44. The van der Waals surface area contributed by atoms with Gasteiger partial charge in [-0.05, 0) is 36.7 Å². The summed E-state index contributed by atoms with van der Waals surface area (Å²) >= 11 is 0. The Kier molecular flexibility index (Phi) is 4.48. The number of rotatable bonds is 3. The van der Waals surface area contributed by atoms with Crippen molar-refractivity contribution >= 4 is 14.1 Å². The van der Waals surface area contributed by atoms with E-state index >= 15 is 4.39 Å². The van der Waals surface area contributed by atoms with Crippen molar-refractivity contribution in [1.82, 2.24) is 9.97 Å². The van der Waals surface area contributed by atoms with E-state index in [1.807, 2.05) is 13.0 Å². The fourth-order valence-corrected chi connectivity index (χ4v) is 2.93. The molecule has 0 atom stereocenters. The monoisotopic (exact) mass is 333 g/mol. The van der Waals surface area contributed by atoms with Gasteiger partial charge in [0, 0.05) is 5.56 Å². The number of benzene rings is 1. The lowest BCUT2D eigenvalue weighted by atomic mass is 10.1. The molecule has 4 nitrogen and oxygen atoms in total. The normalized spacial score (nSPS) is 12.3. The Morgan fingerprint density at radius 2 is 1.78 bits per heavy atom. The third-order valence-corrected chi connectivity index (χ3v) is 8.73. The summed E-state index contributed by atoms with van der Waals surface area (Å²) in [5, 5.41) is -0.0110. The summed E-state index contributed by atoms with van der Waals surface area (Å²) < 4.78 is 21.2. The standard InChI is InChI=1S/C17H24FN3OSi/c1-11-7-8-12(13-9-21-14(19)10-20-13)15(18)16(11)22-23(5,6)17(2,3)4/h7-10H,1-6H3,(H2,19,21). The molecule has 1 heterocycles. The Morgan fingerprint density at radius 1 is 1.13 bits per heavy atom. The Balaban J connectivity index is 2.49. The lowest BCUT2D eigenvalue weighted by molar-refractivity contribution is 0.455. The first kappa shape index (κ1) is 17.4. The second-order valence-corrected chi connectivity index (χ2v) is 12.0. The number of anilines is 1. The summed E-state index contributed by atoms with van der Waals surface area (Å²) in [5.41, 5.74) is 7.13. The van der Waals surface area contributed by atoms with Crippen LogP contribution in [0.25, 0.3) is 11.3 Å². The highest BCUT2D eigenvalue weighted by Crippen LogP contribution is 2.40. The topological polar surface area (TPSA) is 61.0 Å². The highest BCUT2D eigenvalue weighted by Gasteiger charge is 2.40. The minimum Gasteiger partial charge on any atom is -0.541 e. The number of nitrogen functional groups attached to an aromatic ring is 1. The Labute approximate surface area is 138 Å². The fraction of sp³-hybridized carbons (Fsp3) is 0.412. The molecule has 0 bridgehead atoms. The summed E-state index contributed by atoms with van der Waals surface area (Å²) in [4.78, 5) is 8.13. The van der Waals surface area contributed by atoms with Crippen molar-refractivity contribution in [2.45, 2.75) is 45.8 Å². The van der Waals surface area contributed by atoms with Crippen molar-refractivity contribution in [3.8, 4) is 17.0 Å². The maximum Gasteiger partial charge on any atom is 0.250 e. The molecule has 0 unspecified atom stereocenters. The van der Waals surface area contributed by atoms with Gasteiger partial charge < -0.3 is 10.2 Å². The first-order valence-corrected chi connectivity index (χ1v) is 10.5. The molecule has 0 amide bonds. The molecule has 0 saturated heterocycles. The Hall–Kier alpha value is -1.95. The van der Waals surface area contributed by atoms with Gasteiger partial charge in [0.25, 0.3) is 8.32 Å². The van der Waals surface area contributed by atoms with Gasteiger partial charge in [0.05, 0.1) is 18.1 Å². The molecule has 23 heavy (non-hydrogen) atoms. The first-order chi connectivity index (χ1) is 10.5. The van der Waals surface area contributed by atoms with Crippen molar-refractivity contribution in [3.63, 3.8) is 0 Å². The highest BCUT2D eigenvalue weighted by atomic mass is 28.4. The summed E-state index contributed by atoms with van der Waals surface area (Å²) in [7, 11) is -2.14. The van der Waals surface area contributed by atoms with Crippen molar-refractivity contribution in [2.75, 3.05) is 5.73 Å². The SMILES string of the molecule is Cc1ccc(-c2cnc(N)cn2)c(F)c1O[Si](C)(C)C(C)(C)C. The first-order valence-electron chi connectivity index (χ1n) is 7.59. The quantitative estimate of drug-likeness (QED) is 0.837. The third kappa shape index (κ3) is 3.52. The van der Waals surface area contributed by atoms with Crippen LogP contribution in [0.2, 0.25) is 18.1 Å². The highest BCUT2D eigenvalue weighted by molar-refractivity contribution is 6.74. The Bertz CT molecular complexity index is 709. The second kappa shape index (κ2) is 5.92. The van der Waals surface area contributed by atoms with Gasteiger partial charge in [-0.25, -0.2) is 9.37 Å². The molecule has 2 N–H and O–H groups in total. The van der Waals surface area contributed by atoms with E-state index in [0.29, 0.717) is 22.8 Å². The fourth-order valence-electron chi connectivity index (χ4n) is 1.86. The van der Waals surface area contributed by atoms with Crippen LogP contribution in [0.5, 0.6) is 5.75 Å². The van der Waals surface area contributed by atoms with Gasteiger partial charge in [-0.3, -0.25) is 4.98 Å². The average molecular weight is 333 g/mol. The summed E-state index contributed by atoms with van der Waals surface area (Å²) in [6, 6.07) is 3.54. The molecule has 0 aliphatic rings. The van der Waals surface area contributed by atoms with Gasteiger partial charge in [0.2, 0.25) is 0 Å². The molecule has 0 aliphatic carbocycles. The van der Waals surface area contributed by atoms with E-state index in [2.05, 4.69) is 43.8 Å². The van der Waals surface area contributed by atoms with Crippen LogP contribution in [0.4, 0.5) is 10.2 Å². The minimum absolute atomic E-state index is 0.0110. The minimum atomic E-state index is -2.14. The van der Waals surface area contributed by atoms with Gasteiger partial charge in [-0.2, -0.15) is 0 Å². The van der Waals surface area contributed by atoms with E-state index in [4.69, 9.17) is 10.2 Å². The van der Waals surface area contributed by atoms with Gasteiger partial charge in [-0.1, -0.05) is 26.8 Å². The molecule has 0 fully saturated rings. The molecule has 0 aliphatic heterocycles. The number of hydrogen-bond acceptors (Lipinski definition) is 4. The van der Waals surface area contributed by atoms with Crippen LogP contribution in [-0.4, -0.2) is 18.3 Å². The van der Waals surface area contributed by atoms with E-state index in [0.717, 1.165) is 5.56 Å². The maximum atomic E-state index is 15.0. The molecular weight excluding hydrogens is 309 g/mol. The van der Waals surface area contributed by atoms with Gasteiger partial charge in [0.15, 0.2) is 5.82 Å². The molecule has 0 spiro atoms. The van der Waals surface area contributed by atoms with Crippen LogP contribution in [-0.2, 0) is 0 Å². The van der Waals surface area contributed by atoms with Crippen LogP contribution in [0, 0.1) is 12.7 Å². The van der Waals surface area contributed by atoms with Gasteiger partial charge in [0.1, 0.15) is 11.6 Å². The van der Waals surface area contributed by atoms with E-state index < -0.39 is 14.1 Å². The van der Waals surface area contributed by atoms with Crippen molar-refractivity contribution in [1.29, 1.82) is 0 Å². The van der Waals surface area contributed by atoms with E-state index in [1.165, 1.54) is 12.4 Å². The number of hydrogen-bond donors (Lipinski definition) is 1. The van der Waals surface area contributed by atoms with Crippen molar-refractivity contribution in [2.24, 2.45) is 0 Å². The van der Waals surface area contributed by atoms with Crippen molar-refractivity contribution in [3.05, 3.63) is 35.9 Å². The third-order valence-electron chi connectivity index (χ3n) is 4.41. The molecule has 0 radical (unpaired) electrons. The van der Waals surface area contributed by atoms with Gasteiger partial charge >= 0.3 is 0 Å². The zero-order valence-electron chi connectivity index (χ0n) is 14.6. The second-order valence-electron chi connectivity index (χ2n) is 7.26. The van der Waals surface area contributed by atoms with Crippen LogP contribution in [0.3, 0.4) is 0 Å². The lowest BCUT2D eigenvalue weighted by Gasteiger charge is -2.37. The van der Waals surface area contributed by atoms with Crippen LogP contribution < -0.4 is 10.2 Å². The molecular formula is C17H24FN3OSi. The van der Waals surface area contributed by atoms with E-state index in [1.54, 1.807) is 6.07 Å². The molecule has 1 aromatic heterocycles. The number of halogens is 1. The van der Waals surface area contributed by atoms with Crippen LogP contribution >= 0.6 is 0 Å². The Morgan fingerprint density at radius 3 is 2.30 bits per heavy atom. The summed E-state index contributed by atoms with van der Waals surface area (Å²) in [6.07, 6.45) is 2.89. The smallest absolute Gasteiger partial charge is 0.250 e. The predicted octanol–water partition coefficient (Wildman–Crippen LogP) is 4.56. The number of aromatic nitrogens is 2. The molecule has 0 saturated carbocycles. The molecule has 6 heteroatoms. The number of nitrogens with two attached hydrogens (primary N) is 1. The van der Waals surface area contributed by atoms with Crippen LogP contribution in [0.15, 0.2) is 24.5 Å². The zero-order valence-corrected chi connectivity index (χ0v) is 15.6. The van der Waals surface area contributed by atoms with Crippen LogP contribution in [0.1, 0.15) is 26.3 Å². The molecule has 1 aromatic carbocycles. The number of aryl methyl sites for hydroxylation is 1. The molecule has 2 rings (SSSR count). The molecule has 2 aromatic rings. The lowest BCUT2D eigenvalue weighted by Crippen LogP contribution is -2.44. The maximum absolute atomic E-state index is 15.0. The predicted molar refractivity (Wildman–Crippen MR) is 94.4 cm³/mol. The van der Waals surface area contributed by atoms with Crippen molar-refractivity contribution < 1.29 is 8.82 Å². The summed E-state index contributed by atoms with van der Waals surface area (Å²) in [5.74, 6) is 0.223. The molecule has 124 valence electrons.